The Balaban J connectivity index is 2.05. The fraction of sp³-hybridized carbons (Fsp3) is 0.357. The number of benzene rings is 1. The molecule has 3 nitrogen and oxygen atoms in total. The lowest BCUT2D eigenvalue weighted by Gasteiger charge is -2.11. The highest BCUT2D eigenvalue weighted by atomic mass is 79.9. The van der Waals surface area contributed by atoms with Crippen LogP contribution < -0.4 is 10.1 Å². The normalized spacial score (nSPS) is 10.7. The zero-order valence-corrected chi connectivity index (χ0v) is 13.5. The number of aromatic nitrogens is 1. The van der Waals surface area contributed by atoms with Crippen molar-refractivity contribution in [1.29, 1.82) is 0 Å². The van der Waals surface area contributed by atoms with Gasteiger partial charge in [0.1, 0.15) is 12.4 Å². The Kier molecular flexibility index (Phi) is 5.36. The Morgan fingerprint density at radius 3 is 2.95 bits per heavy atom. The van der Waals surface area contributed by atoms with Gasteiger partial charge in [-0.15, -0.1) is 11.3 Å². The van der Waals surface area contributed by atoms with Crippen LogP contribution in [0.15, 0.2) is 28.1 Å². The molecule has 0 saturated heterocycles. The second kappa shape index (κ2) is 7.03. The van der Waals surface area contributed by atoms with E-state index in [-0.39, 0.29) is 0 Å². The number of halogens is 1. The van der Waals surface area contributed by atoms with Crippen LogP contribution in [-0.2, 0) is 19.6 Å². The monoisotopic (exact) mass is 340 g/mol. The van der Waals surface area contributed by atoms with Gasteiger partial charge in [0.05, 0.1) is 10.7 Å². The molecule has 1 heterocycles. The Morgan fingerprint density at radius 2 is 2.26 bits per heavy atom. The Hall–Kier alpha value is -0.910. The molecule has 5 heteroatoms. The second-order valence-electron chi connectivity index (χ2n) is 4.16. The molecule has 0 amide bonds. The summed E-state index contributed by atoms with van der Waals surface area (Å²) in [5, 5.41) is 6.37. The molecule has 102 valence electrons. The van der Waals surface area contributed by atoms with Gasteiger partial charge >= 0.3 is 0 Å². The van der Waals surface area contributed by atoms with Crippen LogP contribution >= 0.6 is 27.3 Å². The van der Waals surface area contributed by atoms with Gasteiger partial charge in [-0.05, 0) is 31.7 Å². The molecule has 1 N–H and O–H groups in total. The SMILES string of the molecule is CCc1nc(COc2ccc(Br)cc2CNC)cs1. The summed E-state index contributed by atoms with van der Waals surface area (Å²) in [4.78, 5) is 4.51. The number of thiazole rings is 1. The van der Waals surface area contributed by atoms with E-state index in [1.165, 1.54) is 0 Å². The highest BCUT2D eigenvalue weighted by molar-refractivity contribution is 9.10. The van der Waals surface area contributed by atoms with Crippen LogP contribution in [0.5, 0.6) is 5.75 Å². The van der Waals surface area contributed by atoms with Crippen molar-refractivity contribution >= 4 is 27.3 Å². The summed E-state index contributed by atoms with van der Waals surface area (Å²) >= 11 is 5.17. The molecule has 0 unspecified atom stereocenters. The van der Waals surface area contributed by atoms with Crippen molar-refractivity contribution in [2.45, 2.75) is 26.5 Å². The van der Waals surface area contributed by atoms with E-state index in [0.29, 0.717) is 6.61 Å². The number of aryl methyl sites for hydroxylation is 1. The topological polar surface area (TPSA) is 34.1 Å². The number of hydrogen-bond acceptors (Lipinski definition) is 4. The van der Waals surface area contributed by atoms with Crippen molar-refractivity contribution in [2.75, 3.05) is 7.05 Å². The molecular weight excluding hydrogens is 324 g/mol. The van der Waals surface area contributed by atoms with Gasteiger partial charge in [0.25, 0.3) is 0 Å². The molecule has 0 aliphatic heterocycles. The third-order valence-electron chi connectivity index (χ3n) is 2.67. The molecule has 0 saturated carbocycles. The van der Waals surface area contributed by atoms with Crippen molar-refractivity contribution in [2.24, 2.45) is 0 Å². The smallest absolute Gasteiger partial charge is 0.131 e. The van der Waals surface area contributed by atoms with E-state index in [1.54, 1.807) is 11.3 Å². The first kappa shape index (κ1) is 14.5. The fourth-order valence-electron chi connectivity index (χ4n) is 1.75. The molecule has 1 aromatic carbocycles. The third-order valence-corrected chi connectivity index (χ3v) is 4.20. The second-order valence-corrected chi connectivity index (χ2v) is 6.02. The molecule has 19 heavy (non-hydrogen) atoms. The largest absolute Gasteiger partial charge is 0.487 e. The van der Waals surface area contributed by atoms with Gasteiger partial charge in [-0.3, -0.25) is 0 Å². The Morgan fingerprint density at radius 1 is 1.42 bits per heavy atom. The quantitative estimate of drug-likeness (QED) is 0.869. The van der Waals surface area contributed by atoms with E-state index in [2.05, 4.69) is 44.6 Å². The maximum Gasteiger partial charge on any atom is 0.131 e. The number of hydrogen-bond donors (Lipinski definition) is 1. The highest BCUT2D eigenvalue weighted by Crippen LogP contribution is 2.24. The Bertz CT molecular complexity index is 542. The van der Waals surface area contributed by atoms with Crippen molar-refractivity contribution in [3.63, 3.8) is 0 Å². The number of nitrogens with one attached hydrogen (secondary N) is 1. The fourth-order valence-corrected chi connectivity index (χ4v) is 2.88. The molecule has 0 atom stereocenters. The zero-order chi connectivity index (χ0) is 13.7. The first-order valence-corrected chi connectivity index (χ1v) is 7.89. The van der Waals surface area contributed by atoms with E-state index >= 15 is 0 Å². The lowest BCUT2D eigenvalue weighted by molar-refractivity contribution is 0.298. The minimum atomic E-state index is 0.523. The van der Waals surface area contributed by atoms with Crippen molar-refractivity contribution in [3.05, 3.63) is 44.3 Å². The molecule has 2 rings (SSSR count). The Labute approximate surface area is 126 Å². The third kappa shape index (κ3) is 4.03. The lowest BCUT2D eigenvalue weighted by atomic mass is 10.2. The average molecular weight is 341 g/mol. The van der Waals surface area contributed by atoms with Crippen molar-refractivity contribution < 1.29 is 4.74 Å². The van der Waals surface area contributed by atoms with Gasteiger partial charge in [0.2, 0.25) is 0 Å². The number of nitrogens with zero attached hydrogens (tertiary/aromatic N) is 1. The van der Waals surface area contributed by atoms with Gasteiger partial charge in [0, 0.05) is 22.0 Å². The van der Waals surface area contributed by atoms with Crippen LogP contribution in [0.25, 0.3) is 0 Å². The first-order chi connectivity index (χ1) is 9.22. The number of rotatable bonds is 6. The highest BCUT2D eigenvalue weighted by Gasteiger charge is 2.06. The predicted molar refractivity (Wildman–Crippen MR) is 82.7 cm³/mol. The van der Waals surface area contributed by atoms with Crippen LogP contribution in [0.4, 0.5) is 0 Å². The van der Waals surface area contributed by atoms with Gasteiger partial charge in [-0.25, -0.2) is 4.98 Å². The van der Waals surface area contributed by atoms with Gasteiger partial charge in [0.15, 0.2) is 0 Å². The van der Waals surface area contributed by atoms with Crippen molar-refractivity contribution in [3.8, 4) is 5.75 Å². The molecule has 0 bridgehead atoms. The summed E-state index contributed by atoms with van der Waals surface area (Å²) in [6, 6.07) is 6.06. The van der Waals surface area contributed by atoms with Crippen LogP contribution in [-0.4, -0.2) is 12.0 Å². The summed E-state index contributed by atoms with van der Waals surface area (Å²) in [5.41, 5.74) is 2.14. The van der Waals surface area contributed by atoms with E-state index in [9.17, 15) is 0 Å². The summed E-state index contributed by atoms with van der Waals surface area (Å²) < 4.78 is 6.93. The van der Waals surface area contributed by atoms with Crippen molar-refractivity contribution in [1.82, 2.24) is 10.3 Å². The minimum absolute atomic E-state index is 0.523. The van der Waals surface area contributed by atoms with Gasteiger partial charge in [-0.1, -0.05) is 22.9 Å². The standard InChI is InChI=1S/C14H17BrN2OS/c1-3-14-17-12(9-19-14)8-18-13-5-4-11(15)6-10(13)7-16-2/h4-6,9,16H,3,7-8H2,1-2H3. The zero-order valence-electron chi connectivity index (χ0n) is 11.1. The van der Waals surface area contributed by atoms with E-state index in [0.717, 1.165) is 39.5 Å². The van der Waals surface area contributed by atoms with Crippen LogP contribution in [0.1, 0.15) is 23.2 Å². The summed E-state index contributed by atoms with van der Waals surface area (Å²) in [6.07, 6.45) is 0.980. The molecule has 1 aromatic heterocycles. The minimum Gasteiger partial charge on any atom is -0.487 e. The van der Waals surface area contributed by atoms with Crippen LogP contribution in [0.3, 0.4) is 0 Å². The predicted octanol–water partition coefficient (Wildman–Crippen LogP) is 3.77. The molecule has 0 spiro atoms. The molecular formula is C14H17BrN2OS. The maximum absolute atomic E-state index is 5.87. The van der Waals surface area contributed by atoms with E-state index < -0.39 is 0 Å². The van der Waals surface area contributed by atoms with Gasteiger partial charge in [-0.2, -0.15) is 0 Å². The van der Waals surface area contributed by atoms with Gasteiger partial charge < -0.3 is 10.1 Å². The first-order valence-electron chi connectivity index (χ1n) is 6.22. The van der Waals surface area contributed by atoms with E-state index in [1.807, 2.05) is 19.2 Å². The molecule has 0 radical (unpaired) electrons. The maximum atomic E-state index is 5.87. The average Bonchev–Trinajstić information content (AvgIpc) is 2.86. The van der Waals surface area contributed by atoms with Crippen LogP contribution in [0, 0.1) is 0 Å². The lowest BCUT2D eigenvalue weighted by Crippen LogP contribution is -2.07. The molecule has 0 aliphatic rings. The molecule has 0 aliphatic carbocycles. The summed E-state index contributed by atoms with van der Waals surface area (Å²) in [5.74, 6) is 0.906. The summed E-state index contributed by atoms with van der Waals surface area (Å²) in [6.45, 7) is 3.42. The summed E-state index contributed by atoms with van der Waals surface area (Å²) in [7, 11) is 1.93. The molecule has 2 aromatic rings. The molecule has 0 fully saturated rings. The number of ether oxygens (including phenoxy) is 1. The van der Waals surface area contributed by atoms with Crippen LogP contribution in [0.2, 0.25) is 0 Å². The van der Waals surface area contributed by atoms with E-state index in [4.69, 9.17) is 4.74 Å².